The van der Waals surface area contributed by atoms with Gasteiger partial charge in [0.25, 0.3) is 29.5 Å². The van der Waals surface area contributed by atoms with Crippen molar-refractivity contribution in [2.75, 3.05) is 157 Å². The summed E-state index contributed by atoms with van der Waals surface area (Å²) < 4.78 is 41.3. The smallest absolute Gasteiger partial charge is 0.291 e. The monoisotopic (exact) mass is 1990 g/mol. The Hall–Kier alpha value is -12.8. The number of carbonyl (C=O) groups excluding carboxylic acids is 11. The first-order valence-corrected chi connectivity index (χ1v) is 49.5. The number of ether oxygens (including phenoxy) is 6. The van der Waals surface area contributed by atoms with Crippen molar-refractivity contribution in [1.82, 2.24) is 69.2 Å². The van der Waals surface area contributed by atoms with Gasteiger partial charge in [0.1, 0.15) is 47.2 Å². The Bertz CT molecular complexity index is 5420. The van der Waals surface area contributed by atoms with Crippen molar-refractivity contribution in [3.05, 3.63) is 159 Å². The van der Waals surface area contributed by atoms with Gasteiger partial charge in [-0.2, -0.15) is 11.4 Å². The van der Waals surface area contributed by atoms with Crippen LogP contribution in [0.15, 0.2) is 125 Å². The van der Waals surface area contributed by atoms with Crippen LogP contribution in [0.1, 0.15) is 221 Å². The number of aromatic nitrogens is 7. The number of thiol groups is 1. The van der Waals surface area contributed by atoms with Gasteiger partial charge in [0.15, 0.2) is 11.6 Å². The Balaban J connectivity index is 0.573. The molecule has 42 heteroatoms. The first-order valence-electron chi connectivity index (χ1n) is 48.1. The normalized spacial score (nSPS) is 12.6. The van der Waals surface area contributed by atoms with Crippen LogP contribution in [0.3, 0.4) is 0 Å². The second kappa shape index (κ2) is 61.7. The van der Waals surface area contributed by atoms with Crippen molar-refractivity contribution >= 4 is 146 Å². The molecule has 40 nitrogen and oxygen atoms in total. The van der Waals surface area contributed by atoms with Crippen LogP contribution in [0.2, 0.25) is 5.02 Å². The van der Waals surface area contributed by atoms with Crippen molar-refractivity contribution < 1.29 is 81.2 Å². The lowest BCUT2D eigenvalue weighted by molar-refractivity contribution is -0.122. The molecule has 0 saturated heterocycles. The number of nitrogens with zero attached hydrogens (tertiary/aromatic N) is 10. The number of amides is 11. The highest BCUT2D eigenvalue weighted by molar-refractivity contribution is 8.00. The van der Waals surface area contributed by atoms with Crippen molar-refractivity contribution in [2.24, 2.45) is 40.2 Å². The molecule has 0 spiro atoms. The van der Waals surface area contributed by atoms with Gasteiger partial charge in [-0.1, -0.05) is 114 Å². The van der Waals surface area contributed by atoms with Gasteiger partial charge < -0.3 is 115 Å². The summed E-state index contributed by atoms with van der Waals surface area (Å²) in [5.74, 6) is 0.303. The van der Waals surface area contributed by atoms with Crippen LogP contribution < -0.4 is 63.2 Å². The zero-order valence-electron chi connectivity index (χ0n) is 82.9. The topological polar surface area (TPSA) is 492 Å². The number of rotatable bonds is 66. The number of halogens is 1. The predicted octanol–water partition coefficient (Wildman–Crippen LogP) is 11.4. The third-order valence-electron chi connectivity index (χ3n) is 22.7. The number of hydrogen-bond donors (Lipinski definition) is 14. The number of allylic oxidation sites excluding steroid dienone is 3. The Morgan fingerprint density at radius 1 is 0.440 bits per heavy atom. The Kier molecular flexibility index (Phi) is 49.7. The van der Waals surface area contributed by atoms with Crippen LogP contribution in [0.4, 0.5) is 34.4 Å². The lowest BCUT2D eigenvalue weighted by Crippen LogP contribution is -2.38. The quantitative estimate of drug-likeness (QED) is 0.00553. The molecule has 13 N–H and O–H groups in total. The molecule has 0 aliphatic carbocycles. The molecule has 1 aliphatic heterocycles. The molecule has 1 atom stereocenters. The van der Waals surface area contributed by atoms with Crippen molar-refractivity contribution in [3.8, 4) is 5.75 Å². The van der Waals surface area contributed by atoms with E-state index in [9.17, 15) is 52.7 Å². The van der Waals surface area contributed by atoms with Gasteiger partial charge in [-0.05, 0) is 125 Å². The molecule has 141 heavy (non-hydrogen) atoms. The Morgan fingerprint density at radius 2 is 0.858 bits per heavy atom. The first kappa shape index (κ1) is 114. The van der Waals surface area contributed by atoms with Gasteiger partial charge in [-0.3, -0.25) is 73.5 Å². The average Bonchev–Trinajstić information content (AvgIpc) is 1.66. The molecule has 7 aromatic rings. The molecule has 5 aromatic heterocycles. The Morgan fingerprint density at radius 3 is 1.35 bits per heavy atom. The van der Waals surface area contributed by atoms with E-state index < -0.39 is 47.4 Å². The van der Waals surface area contributed by atoms with Crippen LogP contribution in [0.5, 0.6) is 5.75 Å². The lowest BCUT2D eigenvalue weighted by atomic mass is 9.97. The average molecular weight is 1990 g/mol. The number of benzene rings is 2. The SMILES string of the molecule is C=[SH]/C(C)=C(/C)C1=CN(C(C)=N)C(=N)[C@H](CC(=O)Nc2ccc(OCCOCCOCCOCCOCCOCCC(=O)NCCCN(C)CCCNC(=O)CCNC(=O)c3nc(NC(=O)CCNC(=O)c4cc(NC(=O)c5nc(NC(=O)CCNC(=O)c6cc(NC(=O)c7cc(NC(=O)CCCCCCCCCCCCCCC)cn7C)cn6C)cn5C)cn4C)cn3C)cc2)N=C1c1ccc(Cl)cc1. The molecule has 0 bridgehead atoms. The van der Waals surface area contributed by atoms with E-state index in [1.165, 1.54) is 118 Å². The third kappa shape index (κ3) is 40.8. The summed E-state index contributed by atoms with van der Waals surface area (Å²) in [4.78, 5) is 162. The van der Waals surface area contributed by atoms with Crippen molar-refractivity contribution in [2.45, 2.75) is 169 Å². The third-order valence-corrected chi connectivity index (χ3v) is 23.8. The van der Waals surface area contributed by atoms with Gasteiger partial charge in [0.05, 0.1) is 95.3 Å². The van der Waals surface area contributed by atoms with Gasteiger partial charge in [0.2, 0.25) is 47.1 Å². The zero-order chi connectivity index (χ0) is 102. The van der Waals surface area contributed by atoms with Gasteiger partial charge in [-0.15, -0.1) is 0 Å². The van der Waals surface area contributed by atoms with Crippen molar-refractivity contribution in [1.29, 1.82) is 10.8 Å². The van der Waals surface area contributed by atoms with E-state index >= 15 is 0 Å². The Labute approximate surface area is 833 Å². The van der Waals surface area contributed by atoms with E-state index in [4.69, 9.17) is 55.8 Å². The molecule has 0 radical (unpaired) electrons. The van der Waals surface area contributed by atoms with Crippen LogP contribution in [-0.4, -0.2) is 262 Å². The minimum Gasteiger partial charge on any atom is -0.491 e. The maximum absolute atomic E-state index is 13.5. The van der Waals surface area contributed by atoms with Crippen LogP contribution in [0, 0.1) is 10.8 Å². The van der Waals surface area contributed by atoms with E-state index in [0.29, 0.717) is 138 Å². The summed E-state index contributed by atoms with van der Waals surface area (Å²) in [6.45, 7) is 13.9. The second-order valence-corrected chi connectivity index (χ2v) is 35.7. The standard InChI is InChI=1S/C99H142ClN23O17S/c1-12-13-14-15-16-17-18-19-20-21-22-23-24-27-87(126)109-74-58-82(120(8)62-74)97(132)110-75-59-80(118(6)63-75)95(130)105-44-38-89(128)114-84-67-122(10)94(116-84)99(134)111-76-60-81(119(7)64-76)96(131)106-43-37-88(127)113-83-66-121(9)93(115-83)98(133)107-42-36-85(124)103-40-25-45-117(5)46-26-41-104-86(125)39-47-135-48-49-136-50-51-137-52-53-138-54-55-139-56-57-140-77-34-32-73(33-35-77)108-90(129)61-79-92(102)123(70(4)101)65-78(68(2)69(3)141-11)91(112-79)71-28-30-72(100)31-29-71/h28-35,58-60,62-67,79,101-102,141H,11-27,36-57,61H2,1-10H3,(H,103,124)(H,104,125)(H,105,130)(H,106,131)(H,107,133)(H,108,129)(H,109,126)(H,110,132)(H,111,134)(H,113,127)(H,114,128)/b69-68-,101-70?,102-92?/t79-/m0/s1. The van der Waals surface area contributed by atoms with E-state index in [1.807, 2.05) is 33.0 Å². The molecule has 6 heterocycles. The highest BCUT2D eigenvalue weighted by Crippen LogP contribution is 2.30. The lowest BCUT2D eigenvalue weighted by Gasteiger charge is -2.23. The largest absolute Gasteiger partial charge is 0.491 e. The molecule has 1 aliphatic rings. The molecular weight excluding hydrogens is 1850 g/mol. The number of amidine groups is 2. The number of unbranched alkanes of at least 4 members (excludes halogenated alkanes) is 12. The number of anilines is 6. The molecule has 8 rings (SSSR count). The molecule has 0 unspecified atom stereocenters. The minimum atomic E-state index is -0.896. The number of imidazole rings is 2. The van der Waals surface area contributed by atoms with Gasteiger partial charge in [-0.25, -0.2) is 9.97 Å². The first-order chi connectivity index (χ1) is 67.9. The summed E-state index contributed by atoms with van der Waals surface area (Å²) in [6.07, 6.45) is 26.9. The summed E-state index contributed by atoms with van der Waals surface area (Å²) in [5.41, 5.74) is 5.32. The number of aryl methyl sites for hydroxylation is 5. The molecular formula is C99H142ClN23O17S. The minimum absolute atomic E-state index is 0.00123. The molecule has 0 fully saturated rings. The van der Waals surface area contributed by atoms with Crippen molar-refractivity contribution in [3.63, 3.8) is 0 Å². The van der Waals surface area contributed by atoms with Gasteiger partial charge in [0, 0.05) is 159 Å². The fourth-order valence-electron chi connectivity index (χ4n) is 14.9. The summed E-state index contributed by atoms with van der Waals surface area (Å²) in [7, 11) is 10.0. The van der Waals surface area contributed by atoms with E-state index in [2.05, 4.69) is 86.1 Å². The predicted molar refractivity (Wildman–Crippen MR) is 550 cm³/mol. The number of hydrogen-bond acceptors (Lipinski definition) is 23. The van der Waals surface area contributed by atoms with E-state index in [0.717, 1.165) is 65.2 Å². The summed E-state index contributed by atoms with van der Waals surface area (Å²) >= 11 is 7.05. The van der Waals surface area contributed by atoms with Crippen LogP contribution >= 0.6 is 23.0 Å². The number of carbonyl (C=O) groups is 11. The fraction of sp³-hybridized carbons (Fsp3) is 0.505. The molecule has 2 aromatic carbocycles. The highest BCUT2D eigenvalue weighted by Gasteiger charge is 2.31. The molecule has 768 valence electrons. The molecule has 11 amide bonds. The second-order valence-electron chi connectivity index (χ2n) is 34.3. The maximum Gasteiger partial charge on any atom is 0.291 e. The van der Waals surface area contributed by atoms with E-state index in [-0.39, 0.29) is 134 Å². The zero-order valence-corrected chi connectivity index (χ0v) is 84.6. The number of aliphatic imine (C=N–C) groups is 1. The maximum atomic E-state index is 13.5. The van der Waals surface area contributed by atoms with Crippen LogP contribution in [-0.2, 0) is 87.7 Å². The van der Waals surface area contributed by atoms with Gasteiger partial charge >= 0.3 is 0 Å². The highest BCUT2D eigenvalue weighted by atomic mass is 35.5. The number of nitrogens with one attached hydrogen (secondary N) is 13. The molecule has 0 saturated carbocycles. The van der Waals surface area contributed by atoms with Crippen LogP contribution in [0.25, 0.3) is 0 Å². The fourth-order valence-corrected chi connectivity index (χ4v) is 15.4. The summed E-state index contributed by atoms with van der Waals surface area (Å²) in [6, 6.07) is 17.8. The van der Waals surface area contributed by atoms with E-state index in [1.54, 1.807) is 108 Å². The summed E-state index contributed by atoms with van der Waals surface area (Å²) in [5, 5.41) is 48.6.